The van der Waals surface area contributed by atoms with E-state index in [1.54, 1.807) is 6.92 Å². The number of likely N-dealkylation sites (N-methyl/N-ethyl adjacent to an activating group) is 1. The Kier molecular flexibility index (Phi) is 5.78. The first-order valence-corrected chi connectivity index (χ1v) is 10.7. The lowest BCUT2D eigenvalue weighted by molar-refractivity contribution is -0.139. The van der Waals surface area contributed by atoms with Gasteiger partial charge in [-0.15, -0.1) is 0 Å². The molecular formula is C24H28N4O3. The van der Waals surface area contributed by atoms with Gasteiger partial charge in [-0.05, 0) is 56.3 Å². The number of amides is 4. The molecule has 0 bridgehead atoms. The minimum atomic E-state index is -1.05. The van der Waals surface area contributed by atoms with Crippen LogP contribution in [0.3, 0.4) is 0 Å². The molecule has 1 aliphatic heterocycles. The van der Waals surface area contributed by atoms with Crippen LogP contribution in [0.1, 0.15) is 42.5 Å². The van der Waals surface area contributed by atoms with Crippen molar-refractivity contribution in [3.05, 3.63) is 71.3 Å². The molecule has 2 N–H and O–H groups in total. The number of carbonyl (C=O) groups is 3. The van der Waals surface area contributed by atoms with Gasteiger partial charge in [0.25, 0.3) is 11.8 Å². The first-order chi connectivity index (χ1) is 14.9. The number of benzene rings is 2. The summed E-state index contributed by atoms with van der Waals surface area (Å²) in [6.45, 7) is 1.79. The molecule has 1 heterocycles. The Bertz CT molecular complexity index is 993. The molecule has 162 valence electrons. The molecular weight excluding hydrogens is 392 g/mol. The van der Waals surface area contributed by atoms with Crippen molar-refractivity contribution < 1.29 is 14.4 Å². The molecule has 0 saturated carbocycles. The summed E-state index contributed by atoms with van der Waals surface area (Å²) in [4.78, 5) is 39.9. The number of urea groups is 1. The van der Waals surface area contributed by atoms with Gasteiger partial charge in [-0.25, -0.2) is 4.79 Å². The lowest BCUT2D eigenvalue weighted by atomic mass is 9.93. The van der Waals surface area contributed by atoms with Gasteiger partial charge in [0, 0.05) is 6.04 Å². The van der Waals surface area contributed by atoms with Crippen LogP contribution in [-0.2, 0) is 22.4 Å². The number of hydrazine groups is 1. The first kappa shape index (κ1) is 21.1. The number of nitrogens with zero attached hydrogens (tertiary/aromatic N) is 2. The van der Waals surface area contributed by atoms with Crippen molar-refractivity contribution in [2.75, 3.05) is 13.6 Å². The van der Waals surface area contributed by atoms with Crippen LogP contribution in [0.25, 0.3) is 0 Å². The molecule has 7 nitrogen and oxygen atoms in total. The average Bonchev–Trinajstić information content (AvgIpc) is 3.28. The van der Waals surface area contributed by atoms with Gasteiger partial charge in [0.15, 0.2) is 0 Å². The van der Waals surface area contributed by atoms with Crippen molar-refractivity contribution in [2.45, 2.75) is 44.2 Å². The second kappa shape index (κ2) is 8.51. The zero-order chi connectivity index (χ0) is 22.0. The van der Waals surface area contributed by atoms with Crippen LogP contribution >= 0.6 is 0 Å². The maximum absolute atomic E-state index is 12.9. The fraction of sp³-hybridized carbons (Fsp3) is 0.375. The Morgan fingerprint density at radius 3 is 2.65 bits per heavy atom. The molecule has 2 atom stereocenters. The van der Waals surface area contributed by atoms with E-state index in [2.05, 4.69) is 22.9 Å². The highest BCUT2D eigenvalue weighted by atomic mass is 16.2. The fourth-order valence-corrected chi connectivity index (χ4v) is 4.48. The molecule has 2 aromatic rings. The molecule has 31 heavy (non-hydrogen) atoms. The van der Waals surface area contributed by atoms with Crippen molar-refractivity contribution in [3.8, 4) is 0 Å². The summed E-state index contributed by atoms with van der Waals surface area (Å²) in [5, 5.41) is 3.56. The van der Waals surface area contributed by atoms with Gasteiger partial charge in [-0.3, -0.25) is 19.9 Å². The van der Waals surface area contributed by atoms with E-state index in [1.165, 1.54) is 11.1 Å². The second-order valence-corrected chi connectivity index (χ2v) is 8.59. The predicted octanol–water partition coefficient (Wildman–Crippen LogP) is 2.58. The Hall–Kier alpha value is -3.19. The van der Waals surface area contributed by atoms with E-state index in [-0.39, 0.29) is 18.5 Å². The lowest BCUT2D eigenvalue weighted by Crippen LogP contribution is -2.51. The molecule has 1 saturated heterocycles. The normalized spacial score (nSPS) is 22.5. The number of rotatable bonds is 7. The molecule has 2 aromatic carbocycles. The average molecular weight is 421 g/mol. The van der Waals surface area contributed by atoms with Crippen molar-refractivity contribution >= 4 is 17.8 Å². The molecule has 0 radical (unpaired) electrons. The van der Waals surface area contributed by atoms with Crippen molar-refractivity contribution in [3.63, 3.8) is 0 Å². The fourth-order valence-electron chi connectivity index (χ4n) is 4.48. The maximum atomic E-state index is 12.9. The molecule has 4 amide bonds. The van der Waals surface area contributed by atoms with E-state index in [4.69, 9.17) is 0 Å². The summed E-state index contributed by atoms with van der Waals surface area (Å²) in [7, 11) is 1.89. The number of hydrogen-bond donors (Lipinski definition) is 2. The zero-order valence-corrected chi connectivity index (χ0v) is 17.9. The van der Waals surface area contributed by atoms with Gasteiger partial charge in [-0.2, -0.15) is 5.01 Å². The minimum Gasteiger partial charge on any atom is -0.322 e. The van der Waals surface area contributed by atoms with Crippen LogP contribution in [0.15, 0.2) is 54.6 Å². The third-order valence-corrected chi connectivity index (χ3v) is 6.28. The van der Waals surface area contributed by atoms with E-state index in [0.717, 1.165) is 23.4 Å². The van der Waals surface area contributed by atoms with Gasteiger partial charge in [0.05, 0.1) is 6.54 Å². The number of hydrogen-bond acceptors (Lipinski definition) is 4. The number of carbonyl (C=O) groups excluding carboxylic acids is 3. The molecule has 2 unspecified atom stereocenters. The number of imide groups is 1. The van der Waals surface area contributed by atoms with Crippen molar-refractivity contribution in [1.29, 1.82) is 0 Å². The summed E-state index contributed by atoms with van der Waals surface area (Å²) >= 11 is 0. The van der Waals surface area contributed by atoms with Crippen LogP contribution in [-0.4, -0.2) is 46.9 Å². The van der Waals surface area contributed by atoms with E-state index < -0.39 is 17.5 Å². The minimum absolute atomic E-state index is 0.0940. The molecule has 0 spiro atoms. The van der Waals surface area contributed by atoms with E-state index in [9.17, 15) is 14.4 Å². The second-order valence-electron chi connectivity index (χ2n) is 8.59. The quantitative estimate of drug-likeness (QED) is 0.675. The zero-order valence-electron chi connectivity index (χ0n) is 17.9. The summed E-state index contributed by atoms with van der Waals surface area (Å²) in [5.74, 6) is -0.821. The van der Waals surface area contributed by atoms with Gasteiger partial charge in [0.1, 0.15) is 5.54 Å². The number of fused-ring (bicyclic) bond motifs is 1. The highest BCUT2D eigenvalue weighted by Crippen LogP contribution is 2.34. The van der Waals surface area contributed by atoms with Gasteiger partial charge >= 0.3 is 6.03 Å². The van der Waals surface area contributed by atoms with Crippen LogP contribution in [0, 0.1) is 0 Å². The standard InChI is InChI=1S/C24H28N4O3/c1-24(15-14-17-8-4-3-5-9-17)22(30)28(23(31)25-24)26-21(29)16-27(2)20-13-12-18-10-6-7-11-19(18)20/h3-11,20H,12-16H2,1-2H3,(H,25,31)(H,26,29). The molecule has 7 heteroatoms. The summed E-state index contributed by atoms with van der Waals surface area (Å²) in [6, 6.07) is 17.6. The van der Waals surface area contributed by atoms with E-state index in [1.807, 2.05) is 54.4 Å². The number of aryl methyl sites for hydroxylation is 2. The van der Waals surface area contributed by atoms with E-state index >= 15 is 0 Å². The van der Waals surface area contributed by atoms with Crippen LogP contribution < -0.4 is 10.7 Å². The Balaban J connectivity index is 1.35. The SMILES string of the molecule is CN(CC(=O)NN1C(=O)NC(C)(CCc2ccccc2)C1=O)C1CCc2ccccc21. The van der Waals surface area contributed by atoms with Crippen LogP contribution in [0.2, 0.25) is 0 Å². The van der Waals surface area contributed by atoms with E-state index in [0.29, 0.717) is 12.8 Å². The highest BCUT2D eigenvalue weighted by molar-refractivity contribution is 6.07. The Morgan fingerprint density at radius 2 is 1.87 bits per heavy atom. The van der Waals surface area contributed by atoms with Gasteiger partial charge in [-0.1, -0.05) is 54.6 Å². The topological polar surface area (TPSA) is 81.8 Å². The maximum Gasteiger partial charge on any atom is 0.344 e. The molecule has 4 rings (SSSR count). The molecule has 2 aliphatic rings. The Labute approximate surface area is 182 Å². The number of nitrogens with one attached hydrogen (secondary N) is 2. The first-order valence-electron chi connectivity index (χ1n) is 10.7. The third kappa shape index (κ3) is 4.32. The summed E-state index contributed by atoms with van der Waals surface area (Å²) < 4.78 is 0. The highest BCUT2D eigenvalue weighted by Gasteiger charge is 2.48. The van der Waals surface area contributed by atoms with Crippen LogP contribution in [0.4, 0.5) is 4.79 Å². The predicted molar refractivity (Wildman–Crippen MR) is 117 cm³/mol. The van der Waals surface area contributed by atoms with Gasteiger partial charge in [0.2, 0.25) is 0 Å². The lowest BCUT2D eigenvalue weighted by Gasteiger charge is -2.26. The van der Waals surface area contributed by atoms with Crippen molar-refractivity contribution in [2.24, 2.45) is 0 Å². The summed E-state index contributed by atoms with van der Waals surface area (Å²) in [5.41, 5.74) is 5.09. The Morgan fingerprint density at radius 1 is 1.16 bits per heavy atom. The molecule has 0 aromatic heterocycles. The largest absolute Gasteiger partial charge is 0.344 e. The molecule has 1 fully saturated rings. The monoisotopic (exact) mass is 420 g/mol. The summed E-state index contributed by atoms with van der Waals surface area (Å²) in [6.07, 6.45) is 3.03. The smallest absolute Gasteiger partial charge is 0.322 e. The van der Waals surface area contributed by atoms with Gasteiger partial charge < -0.3 is 5.32 Å². The van der Waals surface area contributed by atoms with Crippen molar-refractivity contribution in [1.82, 2.24) is 20.7 Å². The van der Waals surface area contributed by atoms with Crippen LogP contribution in [0.5, 0.6) is 0 Å². The third-order valence-electron chi connectivity index (χ3n) is 6.28. The molecule has 1 aliphatic carbocycles.